The molecule has 0 unspecified atom stereocenters. The molecule has 2 rings (SSSR count). The Morgan fingerprint density at radius 1 is 1.38 bits per heavy atom. The van der Waals surface area contributed by atoms with E-state index in [1.165, 1.54) is 12.1 Å². The van der Waals surface area contributed by atoms with Crippen LogP contribution >= 0.6 is 23.2 Å². The van der Waals surface area contributed by atoms with Gasteiger partial charge in [0.15, 0.2) is 0 Å². The predicted octanol–water partition coefficient (Wildman–Crippen LogP) is 1.93. The van der Waals surface area contributed by atoms with Gasteiger partial charge in [0, 0.05) is 0 Å². The average molecular weight is 259 g/mol. The molecule has 0 aliphatic heterocycles. The van der Waals surface area contributed by atoms with Crippen LogP contribution in [0.4, 0.5) is 0 Å². The third-order valence-electron chi connectivity index (χ3n) is 2.04. The summed E-state index contributed by atoms with van der Waals surface area (Å²) >= 11 is 11.6. The molecule has 0 radical (unpaired) electrons. The molecule has 0 spiro atoms. The molecule has 0 aliphatic rings. The maximum absolute atomic E-state index is 11.7. The molecule has 0 saturated heterocycles. The van der Waals surface area contributed by atoms with Gasteiger partial charge < -0.3 is 5.11 Å². The van der Waals surface area contributed by atoms with E-state index < -0.39 is 17.1 Å². The van der Waals surface area contributed by atoms with Crippen LogP contribution in [0.5, 0.6) is 0 Å². The van der Waals surface area contributed by atoms with Gasteiger partial charge in [-0.05, 0) is 12.1 Å². The smallest absolute Gasteiger partial charge is 0.360 e. The molecule has 0 saturated carbocycles. The zero-order valence-corrected chi connectivity index (χ0v) is 9.13. The van der Waals surface area contributed by atoms with Gasteiger partial charge in [-0.25, -0.2) is 4.79 Å². The first-order chi connectivity index (χ1) is 7.52. The first-order valence-electron chi connectivity index (χ1n) is 4.12. The maximum Gasteiger partial charge on any atom is 0.360 e. The second-order valence-electron chi connectivity index (χ2n) is 2.99. The lowest BCUT2D eigenvalue weighted by atomic mass is 10.2. The van der Waals surface area contributed by atoms with Crippen LogP contribution in [-0.4, -0.2) is 21.3 Å². The Labute approximate surface area is 98.6 Å². The van der Waals surface area contributed by atoms with E-state index in [9.17, 15) is 9.59 Å². The first-order valence-corrected chi connectivity index (χ1v) is 4.87. The van der Waals surface area contributed by atoms with E-state index in [0.717, 1.165) is 0 Å². The Bertz CT molecular complexity index is 651. The fourth-order valence-corrected chi connectivity index (χ4v) is 1.65. The number of halogens is 2. The number of aromatic nitrogens is 2. The normalized spacial score (nSPS) is 10.6. The number of nitrogens with zero attached hydrogens (tertiary/aromatic N) is 1. The number of hydrogen-bond acceptors (Lipinski definition) is 3. The van der Waals surface area contributed by atoms with Gasteiger partial charge in [0.2, 0.25) is 11.1 Å². The molecular formula is C9H4Cl2N2O3. The van der Waals surface area contributed by atoms with Gasteiger partial charge in [0.25, 0.3) is 0 Å². The lowest BCUT2D eigenvalue weighted by Gasteiger charge is -2.02. The molecule has 16 heavy (non-hydrogen) atoms. The Kier molecular flexibility index (Phi) is 2.57. The van der Waals surface area contributed by atoms with Crippen LogP contribution in [0.1, 0.15) is 10.5 Å². The summed E-state index contributed by atoms with van der Waals surface area (Å²) in [6.07, 6.45) is 0. The number of carboxylic acids is 1. The minimum absolute atomic E-state index is 0.140. The van der Waals surface area contributed by atoms with Crippen LogP contribution in [0.15, 0.2) is 16.9 Å². The molecular weight excluding hydrogens is 255 g/mol. The van der Waals surface area contributed by atoms with Crippen molar-refractivity contribution in [1.29, 1.82) is 0 Å². The Hall–Kier alpha value is -1.59. The third-order valence-corrected chi connectivity index (χ3v) is 2.84. The number of aromatic amines is 1. The molecule has 7 heteroatoms. The summed E-state index contributed by atoms with van der Waals surface area (Å²) in [5, 5.41) is 15.1. The summed E-state index contributed by atoms with van der Waals surface area (Å²) in [5.74, 6) is -1.39. The lowest BCUT2D eigenvalue weighted by Crippen LogP contribution is -2.18. The minimum atomic E-state index is -1.39. The van der Waals surface area contributed by atoms with Crippen molar-refractivity contribution in [3.8, 4) is 0 Å². The van der Waals surface area contributed by atoms with Crippen molar-refractivity contribution in [3.63, 3.8) is 0 Å². The molecule has 0 atom stereocenters. The van der Waals surface area contributed by atoms with E-state index in [-0.39, 0.29) is 20.9 Å². The number of aromatic carboxylic acids is 1. The zero-order valence-electron chi connectivity index (χ0n) is 7.62. The van der Waals surface area contributed by atoms with E-state index in [1.54, 1.807) is 0 Å². The summed E-state index contributed by atoms with van der Waals surface area (Å²) in [6.45, 7) is 0. The SMILES string of the molecule is O=C(O)c1n[nH]c2c(Cl)c(Cl)ccc2c1=O. The highest BCUT2D eigenvalue weighted by atomic mass is 35.5. The molecule has 2 N–H and O–H groups in total. The van der Waals surface area contributed by atoms with Crippen molar-refractivity contribution in [2.24, 2.45) is 0 Å². The second kappa shape index (κ2) is 3.77. The molecule has 82 valence electrons. The van der Waals surface area contributed by atoms with Crippen LogP contribution in [0.25, 0.3) is 10.9 Å². The summed E-state index contributed by atoms with van der Waals surface area (Å²) in [6, 6.07) is 2.82. The first kappa shape index (κ1) is 10.9. The highest BCUT2D eigenvalue weighted by Crippen LogP contribution is 2.27. The number of benzene rings is 1. The van der Waals surface area contributed by atoms with E-state index in [4.69, 9.17) is 28.3 Å². The fourth-order valence-electron chi connectivity index (χ4n) is 1.28. The quantitative estimate of drug-likeness (QED) is 0.819. The van der Waals surface area contributed by atoms with Crippen molar-refractivity contribution in [2.45, 2.75) is 0 Å². The van der Waals surface area contributed by atoms with Crippen LogP contribution in [-0.2, 0) is 0 Å². The molecule has 1 aromatic carbocycles. The predicted molar refractivity (Wildman–Crippen MR) is 59.3 cm³/mol. The van der Waals surface area contributed by atoms with Gasteiger partial charge in [-0.15, -0.1) is 0 Å². The molecule has 0 amide bonds. The number of rotatable bonds is 1. The van der Waals surface area contributed by atoms with Crippen molar-refractivity contribution in [2.75, 3.05) is 0 Å². The van der Waals surface area contributed by atoms with Gasteiger partial charge in [0.1, 0.15) is 0 Å². The summed E-state index contributed by atoms with van der Waals surface area (Å²) in [4.78, 5) is 22.3. The van der Waals surface area contributed by atoms with E-state index in [2.05, 4.69) is 10.2 Å². The summed E-state index contributed by atoms with van der Waals surface area (Å²) in [7, 11) is 0. The summed E-state index contributed by atoms with van der Waals surface area (Å²) in [5.41, 5.74) is -1.05. The standard InChI is InChI=1S/C9H4Cl2N2O3/c10-4-2-1-3-6(5(4)11)12-13-7(8(3)14)9(15)16/h1-2H,(H,12,14)(H,15,16). The van der Waals surface area contributed by atoms with Crippen molar-refractivity contribution in [1.82, 2.24) is 10.2 Å². The van der Waals surface area contributed by atoms with E-state index in [0.29, 0.717) is 0 Å². The number of carboxylic acid groups (broad SMARTS) is 1. The Morgan fingerprint density at radius 3 is 2.69 bits per heavy atom. The molecule has 0 bridgehead atoms. The Morgan fingerprint density at radius 2 is 2.06 bits per heavy atom. The molecule has 2 aromatic rings. The molecule has 5 nitrogen and oxygen atoms in total. The summed E-state index contributed by atoms with van der Waals surface area (Å²) < 4.78 is 0. The third kappa shape index (κ3) is 1.54. The second-order valence-corrected chi connectivity index (χ2v) is 3.78. The Balaban J connectivity index is 2.93. The molecule has 1 heterocycles. The van der Waals surface area contributed by atoms with Gasteiger partial charge >= 0.3 is 5.97 Å². The van der Waals surface area contributed by atoms with Crippen LogP contribution in [0.3, 0.4) is 0 Å². The zero-order chi connectivity index (χ0) is 11.9. The topological polar surface area (TPSA) is 83.0 Å². The van der Waals surface area contributed by atoms with Gasteiger partial charge in [0.05, 0.1) is 20.9 Å². The van der Waals surface area contributed by atoms with E-state index in [1.807, 2.05) is 0 Å². The number of fused-ring (bicyclic) bond motifs is 1. The van der Waals surface area contributed by atoms with E-state index >= 15 is 0 Å². The molecule has 0 fully saturated rings. The van der Waals surface area contributed by atoms with Crippen molar-refractivity contribution >= 4 is 40.1 Å². The molecule has 0 aliphatic carbocycles. The number of nitrogens with one attached hydrogen (secondary N) is 1. The average Bonchev–Trinajstić information content (AvgIpc) is 2.23. The molecule has 1 aromatic heterocycles. The largest absolute Gasteiger partial charge is 0.476 e. The van der Waals surface area contributed by atoms with Crippen molar-refractivity contribution < 1.29 is 9.90 Å². The highest BCUT2D eigenvalue weighted by molar-refractivity contribution is 6.44. The number of H-pyrrole nitrogens is 1. The van der Waals surface area contributed by atoms with Crippen LogP contribution in [0.2, 0.25) is 10.0 Å². The van der Waals surface area contributed by atoms with Gasteiger partial charge in [-0.1, -0.05) is 23.2 Å². The number of carbonyl (C=O) groups is 1. The maximum atomic E-state index is 11.7. The van der Waals surface area contributed by atoms with Crippen molar-refractivity contribution in [3.05, 3.63) is 38.1 Å². The fraction of sp³-hybridized carbons (Fsp3) is 0. The van der Waals surface area contributed by atoms with Gasteiger partial charge in [-0.3, -0.25) is 9.89 Å². The monoisotopic (exact) mass is 258 g/mol. The minimum Gasteiger partial charge on any atom is -0.476 e. The van der Waals surface area contributed by atoms with Crippen LogP contribution in [0, 0.1) is 0 Å². The van der Waals surface area contributed by atoms with Crippen LogP contribution < -0.4 is 5.43 Å². The number of hydrogen-bond donors (Lipinski definition) is 2. The lowest BCUT2D eigenvalue weighted by molar-refractivity contribution is 0.0688. The van der Waals surface area contributed by atoms with Gasteiger partial charge in [-0.2, -0.15) is 5.10 Å². The highest BCUT2D eigenvalue weighted by Gasteiger charge is 2.15.